The van der Waals surface area contributed by atoms with Gasteiger partial charge in [-0.05, 0) is 76.0 Å². The van der Waals surface area contributed by atoms with Gasteiger partial charge >= 0.3 is 12.1 Å². The molecule has 2 saturated heterocycles. The third-order valence-electron chi connectivity index (χ3n) is 8.80. The third kappa shape index (κ3) is 10.8. The number of carbonyl (C=O) groups is 4. The van der Waals surface area contributed by atoms with Gasteiger partial charge in [0.2, 0.25) is 5.91 Å². The first-order chi connectivity index (χ1) is 22.0. The Hall–Kier alpha value is -3.95. The number of ketones is 1. The second-order valence-corrected chi connectivity index (χ2v) is 13.5. The van der Waals surface area contributed by atoms with Crippen molar-refractivity contribution in [3.63, 3.8) is 0 Å². The Morgan fingerprint density at radius 1 is 0.957 bits per heavy atom. The number of hydrogen-bond donors (Lipinski definition) is 0. The Kier molecular flexibility index (Phi) is 12.6. The molecule has 10 heteroatoms. The molecule has 0 unspecified atom stereocenters. The summed E-state index contributed by atoms with van der Waals surface area (Å²) < 4.78 is 16.4. The van der Waals surface area contributed by atoms with E-state index in [0.717, 1.165) is 43.2 Å². The van der Waals surface area contributed by atoms with Crippen LogP contribution in [0, 0.1) is 11.8 Å². The van der Waals surface area contributed by atoms with Crippen molar-refractivity contribution in [2.75, 3.05) is 33.3 Å². The highest BCUT2D eigenvalue weighted by molar-refractivity contribution is 5.84. The summed E-state index contributed by atoms with van der Waals surface area (Å²) in [6.45, 7) is 8.29. The molecule has 0 saturated carbocycles. The van der Waals surface area contributed by atoms with Crippen LogP contribution >= 0.6 is 0 Å². The van der Waals surface area contributed by atoms with Gasteiger partial charge in [-0.3, -0.25) is 19.4 Å². The summed E-state index contributed by atoms with van der Waals surface area (Å²) in [6, 6.07) is 11.6. The molecule has 0 radical (unpaired) electrons. The van der Waals surface area contributed by atoms with E-state index in [9.17, 15) is 19.2 Å². The van der Waals surface area contributed by atoms with Gasteiger partial charge in [-0.15, -0.1) is 0 Å². The first kappa shape index (κ1) is 34.9. The molecule has 250 valence electrons. The summed E-state index contributed by atoms with van der Waals surface area (Å²) in [6.07, 6.45) is 7.61. The molecule has 1 aromatic heterocycles. The molecule has 1 aromatic carbocycles. The number of nitrogens with zero attached hydrogens (tertiary/aromatic N) is 3. The molecule has 0 spiro atoms. The van der Waals surface area contributed by atoms with Crippen molar-refractivity contribution in [1.82, 2.24) is 14.8 Å². The van der Waals surface area contributed by atoms with E-state index in [2.05, 4.69) is 4.98 Å². The Morgan fingerprint density at radius 2 is 1.70 bits per heavy atom. The predicted octanol–water partition coefficient (Wildman–Crippen LogP) is 5.93. The molecular formula is C36H49N3O7. The van der Waals surface area contributed by atoms with Gasteiger partial charge in [0.25, 0.3) is 0 Å². The number of esters is 1. The largest absolute Gasteiger partial charge is 0.487 e. The van der Waals surface area contributed by atoms with Gasteiger partial charge in [0.15, 0.2) is 0 Å². The van der Waals surface area contributed by atoms with E-state index in [0.29, 0.717) is 50.9 Å². The average Bonchev–Trinajstić information content (AvgIpc) is 3.06. The molecule has 0 N–H and O–H groups in total. The van der Waals surface area contributed by atoms with Crippen LogP contribution in [0.2, 0.25) is 0 Å². The fraction of sp³-hybridized carbons (Fsp3) is 0.583. The number of likely N-dealkylation sites (tertiary alicyclic amines) is 2. The second kappa shape index (κ2) is 16.6. The number of hydrogen-bond acceptors (Lipinski definition) is 8. The van der Waals surface area contributed by atoms with Crippen LogP contribution in [-0.4, -0.2) is 77.4 Å². The topological polar surface area (TPSA) is 115 Å². The van der Waals surface area contributed by atoms with Crippen LogP contribution in [0.5, 0.6) is 5.75 Å². The van der Waals surface area contributed by atoms with Crippen molar-refractivity contribution < 1.29 is 33.4 Å². The van der Waals surface area contributed by atoms with E-state index in [1.165, 1.54) is 7.11 Å². The van der Waals surface area contributed by atoms with E-state index in [1.54, 1.807) is 17.3 Å². The molecule has 2 aliphatic rings. The van der Waals surface area contributed by atoms with Crippen LogP contribution in [0.4, 0.5) is 4.79 Å². The minimum absolute atomic E-state index is 0.0384. The maximum Gasteiger partial charge on any atom is 0.410 e. The van der Waals surface area contributed by atoms with Crippen LogP contribution < -0.4 is 4.74 Å². The van der Waals surface area contributed by atoms with Crippen molar-refractivity contribution in [2.45, 2.75) is 90.3 Å². The standard InChI is InChI=1S/C36H49N3O7/c1-36(2,3)46-35(43)38-17-14-26(15-18-38)12-13-33(41)39-16-8-11-28(24-39)32(40)20-29(21-34(42)44-4)30-19-31(23-37-22-30)45-25-27-9-6-5-7-10-27/h5-7,9-10,19,22-23,26,28-29H,8,11-18,20-21,24-25H2,1-4H3/t28-,29+/m1/s1. The monoisotopic (exact) mass is 635 g/mol. The lowest BCUT2D eigenvalue weighted by molar-refractivity contribution is -0.141. The van der Waals surface area contributed by atoms with Crippen molar-refractivity contribution in [1.29, 1.82) is 0 Å². The Bertz CT molecular complexity index is 1320. The maximum absolute atomic E-state index is 13.6. The number of benzene rings is 1. The first-order valence-electron chi connectivity index (χ1n) is 16.5. The van der Waals surface area contributed by atoms with Gasteiger partial charge in [0, 0.05) is 57.1 Å². The number of ether oxygens (including phenoxy) is 3. The Balaban J connectivity index is 1.28. The van der Waals surface area contributed by atoms with Crippen molar-refractivity contribution >= 4 is 23.8 Å². The summed E-state index contributed by atoms with van der Waals surface area (Å²) in [5.74, 6) is -0.0303. The van der Waals surface area contributed by atoms with E-state index >= 15 is 0 Å². The lowest BCUT2D eigenvalue weighted by Gasteiger charge is -2.35. The van der Waals surface area contributed by atoms with E-state index < -0.39 is 17.5 Å². The number of methoxy groups -OCH3 is 1. The lowest BCUT2D eigenvalue weighted by atomic mass is 9.84. The van der Waals surface area contributed by atoms with Crippen molar-refractivity contribution in [3.8, 4) is 5.75 Å². The predicted molar refractivity (Wildman–Crippen MR) is 173 cm³/mol. The molecule has 4 rings (SSSR count). The summed E-state index contributed by atoms with van der Waals surface area (Å²) in [5, 5.41) is 0. The van der Waals surface area contributed by atoms with Crippen LogP contribution in [0.1, 0.15) is 89.2 Å². The summed E-state index contributed by atoms with van der Waals surface area (Å²) in [5.41, 5.74) is 1.25. The van der Waals surface area contributed by atoms with Crippen LogP contribution in [0.15, 0.2) is 48.8 Å². The van der Waals surface area contributed by atoms with E-state index in [-0.39, 0.29) is 36.5 Å². The van der Waals surface area contributed by atoms with Crippen molar-refractivity contribution in [3.05, 3.63) is 59.9 Å². The molecule has 0 aliphatic carbocycles. The van der Waals surface area contributed by atoms with Crippen LogP contribution in [-0.2, 0) is 30.5 Å². The molecule has 2 amide bonds. The smallest absolute Gasteiger partial charge is 0.410 e. The summed E-state index contributed by atoms with van der Waals surface area (Å²) in [7, 11) is 1.34. The highest BCUT2D eigenvalue weighted by Crippen LogP contribution is 2.31. The molecule has 10 nitrogen and oxygen atoms in total. The molecule has 46 heavy (non-hydrogen) atoms. The Labute approximate surface area is 272 Å². The lowest BCUT2D eigenvalue weighted by Crippen LogP contribution is -2.43. The second-order valence-electron chi connectivity index (χ2n) is 13.5. The van der Waals surface area contributed by atoms with Crippen LogP contribution in [0.3, 0.4) is 0 Å². The summed E-state index contributed by atoms with van der Waals surface area (Å²) >= 11 is 0. The molecule has 3 heterocycles. The van der Waals surface area contributed by atoms with Gasteiger partial charge in [0.1, 0.15) is 23.7 Å². The highest BCUT2D eigenvalue weighted by Gasteiger charge is 2.32. The molecular weight excluding hydrogens is 586 g/mol. The van der Waals surface area contributed by atoms with Crippen LogP contribution in [0.25, 0.3) is 0 Å². The molecule has 2 aromatic rings. The maximum atomic E-state index is 13.6. The zero-order valence-corrected chi connectivity index (χ0v) is 27.7. The zero-order chi connectivity index (χ0) is 33.1. The minimum Gasteiger partial charge on any atom is -0.487 e. The third-order valence-corrected chi connectivity index (χ3v) is 8.80. The molecule has 2 aliphatic heterocycles. The quantitative estimate of drug-likeness (QED) is 0.264. The average molecular weight is 636 g/mol. The van der Waals surface area contributed by atoms with E-state index in [4.69, 9.17) is 14.2 Å². The number of rotatable bonds is 12. The van der Waals surface area contributed by atoms with E-state index in [1.807, 2.05) is 62.1 Å². The molecule has 2 atom stereocenters. The van der Waals surface area contributed by atoms with Gasteiger partial charge in [-0.1, -0.05) is 30.3 Å². The van der Waals surface area contributed by atoms with Gasteiger partial charge < -0.3 is 24.0 Å². The molecule has 2 fully saturated rings. The van der Waals surface area contributed by atoms with Gasteiger partial charge in [-0.2, -0.15) is 0 Å². The van der Waals surface area contributed by atoms with Gasteiger partial charge in [0.05, 0.1) is 19.7 Å². The zero-order valence-electron chi connectivity index (χ0n) is 27.7. The number of aromatic nitrogens is 1. The number of pyridine rings is 1. The van der Waals surface area contributed by atoms with Gasteiger partial charge in [-0.25, -0.2) is 4.79 Å². The first-order valence-corrected chi connectivity index (χ1v) is 16.5. The number of carbonyl (C=O) groups excluding carboxylic acids is 4. The normalized spacial score (nSPS) is 18.0. The fourth-order valence-electron chi connectivity index (χ4n) is 6.16. The molecule has 0 bridgehead atoms. The number of amides is 2. The SMILES string of the molecule is COC(=O)C[C@H](CC(=O)[C@@H]1CCCN(C(=O)CCC2CCN(C(=O)OC(C)(C)C)CC2)C1)c1cncc(OCc2ccccc2)c1. The number of piperidine rings is 2. The summed E-state index contributed by atoms with van der Waals surface area (Å²) in [4.78, 5) is 59.4. The van der Waals surface area contributed by atoms with Crippen molar-refractivity contribution in [2.24, 2.45) is 11.8 Å². The fourth-order valence-corrected chi connectivity index (χ4v) is 6.16. The highest BCUT2D eigenvalue weighted by atomic mass is 16.6. The number of Topliss-reactive ketones (excluding diaryl/α,β-unsaturated/α-hetero) is 1. The minimum atomic E-state index is -0.518. The Morgan fingerprint density at radius 3 is 2.39 bits per heavy atom.